The minimum atomic E-state index is -0.540. The molecule has 0 atom stereocenters. The third kappa shape index (κ3) is 5.09. The summed E-state index contributed by atoms with van der Waals surface area (Å²) in [7, 11) is 0. The molecule has 146 valence electrons. The molecule has 0 bridgehead atoms. The van der Waals surface area contributed by atoms with E-state index in [9.17, 15) is 14.9 Å². The number of carbonyl (C=O) groups excluding carboxylic acids is 1. The summed E-state index contributed by atoms with van der Waals surface area (Å²) < 4.78 is 3.61. The fraction of sp³-hybridized carbons (Fsp3) is 0.188. The number of aromatic nitrogens is 4. The van der Waals surface area contributed by atoms with Gasteiger partial charge in [0, 0.05) is 19.2 Å². The summed E-state index contributed by atoms with van der Waals surface area (Å²) in [6, 6.07) is 5.30. The van der Waals surface area contributed by atoms with Crippen molar-refractivity contribution in [2.75, 3.05) is 5.32 Å². The van der Waals surface area contributed by atoms with Crippen molar-refractivity contribution in [1.29, 1.82) is 0 Å². The second kappa shape index (κ2) is 8.72. The van der Waals surface area contributed by atoms with Crippen LogP contribution in [0.1, 0.15) is 12.0 Å². The van der Waals surface area contributed by atoms with E-state index in [1.165, 1.54) is 10.9 Å². The molecule has 1 N–H and O–H groups in total. The molecule has 28 heavy (non-hydrogen) atoms. The van der Waals surface area contributed by atoms with Crippen LogP contribution in [0.25, 0.3) is 0 Å². The first-order valence-corrected chi connectivity index (χ1v) is 9.50. The van der Waals surface area contributed by atoms with E-state index >= 15 is 0 Å². The van der Waals surface area contributed by atoms with Gasteiger partial charge in [-0.15, -0.1) is 0 Å². The van der Waals surface area contributed by atoms with Crippen LogP contribution in [0.15, 0.2) is 41.3 Å². The Morgan fingerprint density at radius 1 is 1.25 bits per heavy atom. The highest BCUT2D eigenvalue weighted by Gasteiger charge is 2.13. The van der Waals surface area contributed by atoms with Gasteiger partial charge < -0.3 is 5.32 Å². The minimum absolute atomic E-state index is 0.0882. The van der Waals surface area contributed by atoms with Gasteiger partial charge in [-0.05, 0) is 33.6 Å². The first-order valence-electron chi connectivity index (χ1n) is 7.95. The fourth-order valence-electron chi connectivity index (χ4n) is 2.37. The molecule has 2 aromatic heterocycles. The monoisotopic (exact) mass is 486 g/mol. The lowest BCUT2D eigenvalue weighted by Gasteiger charge is -2.04. The lowest BCUT2D eigenvalue weighted by molar-refractivity contribution is -0.385. The summed E-state index contributed by atoms with van der Waals surface area (Å²) in [6.07, 6.45) is 4.23. The zero-order valence-corrected chi connectivity index (χ0v) is 17.3. The molecule has 12 heteroatoms. The largest absolute Gasteiger partial charge is 0.308 e. The van der Waals surface area contributed by atoms with Crippen LogP contribution in [0.2, 0.25) is 10.0 Å². The number of hydrogen-bond acceptors (Lipinski definition) is 5. The SMILES string of the molecule is O=C(CCn1cc([N+](=O)[O-])cn1)Nc1nn(Cc2ccc(Cl)c(Cl)c2)cc1Br. The van der Waals surface area contributed by atoms with Crippen molar-refractivity contribution in [2.45, 2.75) is 19.5 Å². The van der Waals surface area contributed by atoms with Crippen LogP contribution in [-0.2, 0) is 17.9 Å². The minimum Gasteiger partial charge on any atom is -0.308 e. The van der Waals surface area contributed by atoms with E-state index in [4.69, 9.17) is 23.2 Å². The maximum absolute atomic E-state index is 12.1. The van der Waals surface area contributed by atoms with E-state index in [1.807, 2.05) is 6.07 Å². The molecule has 9 nitrogen and oxygen atoms in total. The topological polar surface area (TPSA) is 108 Å². The quantitative estimate of drug-likeness (QED) is 0.398. The highest BCUT2D eigenvalue weighted by Crippen LogP contribution is 2.24. The molecule has 0 aliphatic heterocycles. The predicted molar refractivity (Wildman–Crippen MR) is 108 cm³/mol. The molecule has 0 aliphatic rings. The fourth-order valence-corrected chi connectivity index (χ4v) is 3.10. The second-order valence-electron chi connectivity index (χ2n) is 5.79. The average Bonchev–Trinajstić information content (AvgIpc) is 3.24. The van der Waals surface area contributed by atoms with Crippen LogP contribution < -0.4 is 5.32 Å². The van der Waals surface area contributed by atoms with Crippen LogP contribution in [-0.4, -0.2) is 30.4 Å². The van der Waals surface area contributed by atoms with Crippen LogP contribution in [0.4, 0.5) is 11.5 Å². The lowest BCUT2D eigenvalue weighted by atomic mass is 10.2. The number of nitrogens with one attached hydrogen (secondary N) is 1. The van der Waals surface area contributed by atoms with Gasteiger partial charge in [-0.3, -0.25) is 24.3 Å². The van der Waals surface area contributed by atoms with Gasteiger partial charge >= 0.3 is 5.69 Å². The van der Waals surface area contributed by atoms with Crippen LogP contribution in [0.3, 0.4) is 0 Å². The number of hydrogen-bond donors (Lipinski definition) is 1. The molecule has 0 spiro atoms. The molecule has 0 aliphatic carbocycles. The van der Waals surface area contributed by atoms with Crippen LogP contribution in [0.5, 0.6) is 0 Å². The van der Waals surface area contributed by atoms with Crippen molar-refractivity contribution in [1.82, 2.24) is 19.6 Å². The zero-order chi connectivity index (χ0) is 20.3. The number of aryl methyl sites for hydroxylation is 1. The molecule has 1 amide bonds. The maximum atomic E-state index is 12.1. The van der Waals surface area contributed by atoms with Gasteiger partial charge in [0.05, 0.1) is 26.0 Å². The number of nitro groups is 1. The van der Waals surface area contributed by atoms with Gasteiger partial charge in [-0.1, -0.05) is 29.3 Å². The summed E-state index contributed by atoms with van der Waals surface area (Å²) in [4.78, 5) is 22.2. The Bertz CT molecular complexity index is 1040. The number of rotatable bonds is 7. The van der Waals surface area contributed by atoms with Gasteiger partial charge in [-0.2, -0.15) is 10.2 Å². The molecular formula is C16H13BrCl2N6O3. The Morgan fingerprint density at radius 2 is 2.04 bits per heavy atom. The Hall–Kier alpha value is -2.43. The molecule has 1 aromatic carbocycles. The van der Waals surface area contributed by atoms with Crippen molar-refractivity contribution in [3.63, 3.8) is 0 Å². The Balaban J connectivity index is 1.58. The molecule has 0 saturated carbocycles. The van der Waals surface area contributed by atoms with Gasteiger partial charge in [0.25, 0.3) is 0 Å². The van der Waals surface area contributed by atoms with E-state index in [0.717, 1.165) is 11.8 Å². The molecule has 0 saturated heterocycles. The average molecular weight is 488 g/mol. The van der Waals surface area contributed by atoms with Gasteiger partial charge in [0.1, 0.15) is 12.4 Å². The summed E-state index contributed by atoms with van der Waals surface area (Å²) >= 11 is 15.3. The van der Waals surface area contributed by atoms with E-state index in [1.54, 1.807) is 23.0 Å². The third-order valence-corrected chi connectivity index (χ3v) is 5.02. The maximum Gasteiger partial charge on any atom is 0.306 e. The first kappa shape index (κ1) is 20.3. The number of halogens is 3. The summed E-state index contributed by atoms with van der Waals surface area (Å²) in [5.74, 6) is 0.0788. The molecular weight excluding hydrogens is 475 g/mol. The van der Waals surface area contributed by atoms with E-state index in [2.05, 4.69) is 31.4 Å². The van der Waals surface area contributed by atoms with Crippen LogP contribution in [0, 0.1) is 10.1 Å². The number of nitrogens with zero attached hydrogens (tertiary/aromatic N) is 5. The predicted octanol–water partition coefficient (Wildman–Crippen LogP) is 4.13. The van der Waals surface area contributed by atoms with E-state index in [-0.39, 0.29) is 24.6 Å². The summed E-state index contributed by atoms with van der Waals surface area (Å²) in [5.41, 5.74) is 0.784. The highest BCUT2D eigenvalue weighted by atomic mass is 79.9. The Labute approximate surface area is 177 Å². The Morgan fingerprint density at radius 3 is 2.71 bits per heavy atom. The van der Waals surface area contributed by atoms with Crippen molar-refractivity contribution in [3.8, 4) is 0 Å². The second-order valence-corrected chi connectivity index (χ2v) is 7.46. The molecule has 0 unspecified atom stereocenters. The van der Waals surface area contributed by atoms with Crippen LogP contribution >= 0.6 is 39.1 Å². The van der Waals surface area contributed by atoms with Gasteiger partial charge in [-0.25, -0.2) is 0 Å². The number of amides is 1. The molecule has 3 aromatic rings. The molecule has 0 fully saturated rings. The van der Waals surface area contributed by atoms with Crippen molar-refractivity contribution in [2.24, 2.45) is 0 Å². The van der Waals surface area contributed by atoms with Gasteiger partial charge in [0.2, 0.25) is 5.91 Å². The summed E-state index contributed by atoms with van der Waals surface area (Å²) in [5, 5.41) is 22.4. The highest BCUT2D eigenvalue weighted by molar-refractivity contribution is 9.10. The molecule has 2 heterocycles. The standard InChI is InChI=1S/C16H13BrCl2N6O3/c17-12-9-24(7-10-1-2-13(18)14(19)5-10)22-16(12)21-15(26)3-4-23-8-11(6-20-23)25(27)28/h1-2,5-6,8-9H,3-4,7H2,(H,21,22,26). The number of benzene rings is 1. The number of carbonyl (C=O) groups is 1. The number of anilines is 1. The third-order valence-electron chi connectivity index (χ3n) is 3.70. The molecule has 0 radical (unpaired) electrons. The normalized spacial score (nSPS) is 10.8. The molecule has 3 rings (SSSR count). The zero-order valence-electron chi connectivity index (χ0n) is 14.2. The van der Waals surface area contributed by atoms with Crippen molar-refractivity contribution in [3.05, 3.63) is 67.0 Å². The van der Waals surface area contributed by atoms with Crippen molar-refractivity contribution >= 4 is 56.5 Å². The lowest BCUT2D eigenvalue weighted by Crippen LogP contribution is -2.15. The smallest absolute Gasteiger partial charge is 0.306 e. The summed E-state index contributed by atoms with van der Waals surface area (Å²) in [6.45, 7) is 0.656. The van der Waals surface area contributed by atoms with E-state index in [0.29, 0.717) is 26.9 Å². The van der Waals surface area contributed by atoms with Gasteiger partial charge in [0.15, 0.2) is 5.82 Å². The first-order chi connectivity index (χ1) is 13.3. The van der Waals surface area contributed by atoms with E-state index < -0.39 is 4.92 Å². The Kier molecular flexibility index (Phi) is 6.32. The van der Waals surface area contributed by atoms with Crippen molar-refractivity contribution < 1.29 is 9.72 Å².